The van der Waals surface area contributed by atoms with Gasteiger partial charge in [-0.1, -0.05) is 29.8 Å². The second-order valence-corrected chi connectivity index (χ2v) is 4.70. The number of anilines is 1. The first-order valence-electron chi connectivity index (χ1n) is 5.83. The van der Waals surface area contributed by atoms with E-state index in [-0.39, 0.29) is 11.7 Å². The highest BCUT2D eigenvalue weighted by molar-refractivity contribution is 6.35. The van der Waals surface area contributed by atoms with Crippen molar-refractivity contribution in [2.75, 3.05) is 11.9 Å². The number of nitrogens with zero attached hydrogens (tertiary/aromatic N) is 1. The summed E-state index contributed by atoms with van der Waals surface area (Å²) in [7, 11) is 1.65. The third-order valence-corrected chi connectivity index (χ3v) is 3.45. The summed E-state index contributed by atoms with van der Waals surface area (Å²) in [5.74, 6) is -0.0909. The van der Waals surface area contributed by atoms with Gasteiger partial charge in [-0.3, -0.25) is 4.79 Å². The summed E-state index contributed by atoms with van der Waals surface area (Å²) in [6.07, 6.45) is 0. The van der Waals surface area contributed by atoms with Crippen molar-refractivity contribution < 1.29 is 9.90 Å². The highest BCUT2D eigenvalue weighted by Crippen LogP contribution is 2.25. The van der Waals surface area contributed by atoms with Gasteiger partial charge in [0.25, 0.3) is 5.91 Å². The molecule has 0 aliphatic carbocycles. The number of hydrogen-bond acceptors (Lipinski definition) is 2. The summed E-state index contributed by atoms with van der Waals surface area (Å²) in [4.78, 5) is 13.8. The maximum atomic E-state index is 12.4. The van der Waals surface area contributed by atoms with Gasteiger partial charge in [-0.2, -0.15) is 0 Å². The summed E-state index contributed by atoms with van der Waals surface area (Å²) in [5, 5.41) is 9.91. The molecule has 2 aromatic carbocycles. The van der Waals surface area contributed by atoms with Crippen LogP contribution in [0.1, 0.15) is 15.9 Å². The number of carbonyl (C=O) groups excluding carboxylic acids is 1. The molecule has 0 heterocycles. The molecule has 0 spiro atoms. The van der Waals surface area contributed by atoms with Crippen LogP contribution in [0.3, 0.4) is 0 Å². The molecular formula is C15H14ClNO2. The highest BCUT2D eigenvalue weighted by atomic mass is 35.5. The summed E-state index contributed by atoms with van der Waals surface area (Å²) in [6.45, 7) is 1.85. The van der Waals surface area contributed by atoms with Crippen molar-refractivity contribution in [2.45, 2.75) is 6.92 Å². The van der Waals surface area contributed by atoms with Gasteiger partial charge in [0, 0.05) is 18.8 Å². The van der Waals surface area contributed by atoms with Crippen molar-refractivity contribution in [3.8, 4) is 5.75 Å². The topological polar surface area (TPSA) is 40.5 Å². The Balaban J connectivity index is 2.36. The van der Waals surface area contributed by atoms with E-state index in [0.29, 0.717) is 16.3 Å². The van der Waals surface area contributed by atoms with Gasteiger partial charge in [0.05, 0.1) is 10.6 Å². The zero-order valence-corrected chi connectivity index (χ0v) is 11.5. The van der Waals surface area contributed by atoms with E-state index in [1.54, 1.807) is 37.4 Å². The Hall–Kier alpha value is -2.00. The van der Waals surface area contributed by atoms with Crippen LogP contribution in [-0.4, -0.2) is 18.1 Å². The number of aryl methyl sites for hydroxylation is 1. The maximum absolute atomic E-state index is 12.4. The molecule has 0 atom stereocenters. The average Bonchev–Trinajstić information content (AvgIpc) is 2.40. The fourth-order valence-corrected chi connectivity index (χ4v) is 2.02. The normalized spacial score (nSPS) is 10.3. The van der Waals surface area contributed by atoms with E-state index < -0.39 is 0 Å². The number of rotatable bonds is 2. The van der Waals surface area contributed by atoms with E-state index in [0.717, 1.165) is 5.56 Å². The van der Waals surface area contributed by atoms with Crippen molar-refractivity contribution in [1.82, 2.24) is 0 Å². The van der Waals surface area contributed by atoms with Gasteiger partial charge in [-0.15, -0.1) is 0 Å². The zero-order chi connectivity index (χ0) is 14.0. The van der Waals surface area contributed by atoms with Gasteiger partial charge in [-0.25, -0.2) is 0 Å². The van der Waals surface area contributed by atoms with Crippen LogP contribution in [0, 0.1) is 6.92 Å². The van der Waals surface area contributed by atoms with E-state index in [4.69, 9.17) is 11.6 Å². The van der Waals surface area contributed by atoms with Crippen LogP contribution in [-0.2, 0) is 0 Å². The first-order chi connectivity index (χ1) is 9.00. The first kappa shape index (κ1) is 13.4. The SMILES string of the molecule is Cc1cccc(C(=O)N(C)c2cccc(O)c2)c1Cl. The second kappa shape index (κ2) is 5.33. The molecule has 0 saturated carbocycles. The van der Waals surface area contributed by atoms with Crippen LogP contribution in [0.15, 0.2) is 42.5 Å². The molecule has 2 aromatic rings. The summed E-state index contributed by atoms with van der Waals surface area (Å²) in [6, 6.07) is 11.9. The smallest absolute Gasteiger partial charge is 0.259 e. The van der Waals surface area contributed by atoms with Crippen LogP contribution in [0.5, 0.6) is 5.75 Å². The van der Waals surface area contributed by atoms with Gasteiger partial charge >= 0.3 is 0 Å². The number of aromatic hydroxyl groups is 1. The number of phenolic OH excluding ortho intramolecular Hbond substituents is 1. The Kier molecular flexibility index (Phi) is 3.76. The Labute approximate surface area is 117 Å². The molecular weight excluding hydrogens is 262 g/mol. The predicted molar refractivity (Wildman–Crippen MR) is 77.0 cm³/mol. The van der Waals surface area contributed by atoms with Gasteiger partial charge in [-0.05, 0) is 30.7 Å². The van der Waals surface area contributed by atoms with Crippen molar-refractivity contribution in [2.24, 2.45) is 0 Å². The number of carbonyl (C=O) groups is 1. The molecule has 0 fully saturated rings. The van der Waals surface area contributed by atoms with Crippen molar-refractivity contribution in [3.63, 3.8) is 0 Å². The lowest BCUT2D eigenvalue weighted by Crippen LogP contribution is -2.26. The van der Waals surface area contributed by atoms with Crippen LogP contribution < -0.4 is 4.90 Å². The van der Waals surface area contributed by atoms with Crippen LogP contribution >= 0.6 is 11.6 Å². The molecule has 0 unspecified atom stereocenters. The minimum atomic E-state index is -0.209. The van der Waals surface area contributed by atoms with Gasteiger partial charge < -0.3 is 10.0 Å². The minimum Gasteiger partial charge on any atom is -0.508 e. The largest absolute Gasteiger partial charge is 0.508 e. The van der Waals surface area contributed by atoms with E-state index in [1.807, 2.05) is 13.0 Å². The van der Waals surface area contributed by atoms with E-state index in [9.17, 15) is 9.90 Å². The molecule has 1 amide bonds. The minimum absolute atomic E-state index is 0.118. The standard InChI is InChI=1S/C15H14ClNO2/c1-10-5-3-8-13(14(10)16)15(19)17(2)11-6-4-7-12(18)9-11/h3-9,18H,1-2H3. The molecule has 3 nitrogen and oxygen atoms in total. The third-order valence-electron chi connectivity index (χ3n) is 2.94. The number of benzene rings is 2. The second-order valence-electron chi connectivity index (χ2n) is 4.32. The van der Waals surface area contributed by atoms with Crippen molar-refractivity contribution >= 4 is 23.2 Å². The molecule has 98 valence electrons. The number of hydrogen-bond donors (Lipinski definition) is 1. The van der Waals surface area contributed by atoms with E-state index in [1.165, 1.54) is 11.0 Å². The van der Waals surface area contributed by atoms with Gasteiger partial charge in [0.2, 0.25) is 0 Å². The van der Waals surface area contributed by atoms with Crippen LogP contribution in [0.4, 0.5) is 5.69 Å². The average molecular weight is 276 g/mol. The fraction of sp³-hybridized carbons (Fsp3) is 0.133. The molecule has 0 bridgehead atoms. The number of phenols is 1. The molecule has 0 aliphatic rings. The Bertz CT molecular complexity index is 625. The molecule has 0 aromatic heterocycles. The van der Waals surface area contributed by atoms with Gasteiger partial charge in [0.15, 0.2) is 0 Å². The molecule has 0 radical (unpaired) electrons. The quantitative estimate of drug-likeness (QED) is 0.909. The maximum Gasteiger partial charge on any atom is 0.259 e. The monoisotopic (exact) mass is 275 g/mol. The molecule has 0 saturated heterocycles. The summed E-state index contributed by atoms with van der Waals surface area (Å²) >= 11 is 6.15. The number of halogens is 1. The lowest BCUT2D eigenvalue weighted by atomic mass is 10.1. The van der Waals surface area contributed by atoms with Crippen LogP contribution in [0.2, 0.25) is 5.02 Å². The first-order valence-corrected chi connectivity index (χ1v) is 6.20. The third kappa shape index (κ3) is 2.71. The summed E-state index contributed by atoms with van der Waals surface area (Å²) < 4.78 is 0. The molecule has 19 heavy (non-hydrogen) atoms. The summed E-state index contributed by atoms with van der Waals surface area (Å²) in [5.41, 5.74) is 1.92. The highest BCUT2D eigenvalue weighted by Gasteiger charge is 2.17. The predicted octanol–water partition coefficient (Wildman–Crippen LogP) is 3.63. The molecule has 2 rings (SSSR count). The zero-order valence-electron chi connectivity index (χ0n) is 10.7. The molecule has 0 aliphatic heterocycles. The Morgan fingerprint density at radius 3 is 2.58 bits per heavy atom. The number of amides is 1. The molecule has 4 heteroatoms. The van der Waals surface area contributed by atoms with Crippen molar-refractivity contribution in [3.05, 3.63) is 58.6 Å². The van der Waals surface area contributed by atoms with Crippen molar-refractivity contribution in [1.29, 1.82) is 0 Å². The lowest BCUT2D eigenvalue weighted by Gasteiger charge is -2.18. The van der Waals surface area contributed by atoms with Crippen LogP contribution in [0.25, 0.3) is 0 Å². The van der Waals surface area contributed by atoms with E-state index in [2.05, 4.69) is 0 Å². The Morgan fingerprint density at radius 1 is 1.21 bits per heavy atom. The van der Waals surface area contributed by atoms with E-state index >= 15 is 0 Å². The Morgan fingerprint density at radius 2 is 1.89 bits per heavy atom. The fourth-order valence-electron chi connectivity index (χ4n) is 1.81. The molecule has 1 N–H and O–H groups in total. The van der Waals surface area contributed by atoms with Gasteiger partial charge in [0.1, 0.15) is 5.75 Å². The lowest BCUT2D eigenvalue weighted by molar-refractivity contribution is 0.0993.